The molecule has 0 saturated carbocycles. The molecular weight excluding hydrogens is 180 g/mol. The largest absolute Gasteiger partial charge is 0.383 e. The van der Waals surface area contributed by atoms with Gasteiger partial charge in [-0.25, -0.2) is 0 Å². The molecule has 1 unspecified atom stereocenters. The van der Waals surface area contributed by atoms with Gasteiger partial charge in [-0.1, -0.05) is 0 Å². The molecule has 0 aliphatic carbocycles. The fourth-order valence-electron chi connectivity index (χ4n) is 1.88. The van der Waals surface area contributed by atoms with Crippen molar-refractivity contribution in [3.63, 3.8) is 0 Å². The highest BCUT2D eigenvalue weighted by Gasteiger charge is 2.30. The monoisotopic (exact) mass is 200 g/mol. The molecule has 0 bridgehead atoms. The topological polar surface area (TPSA) is 32.8 Å². The zero-order chi connectivity index (χ0) is 10.6. The van der Waals surface area contributed by atoms with Crippen LogP contribution in [0.15, 0.2) is 0 Å². The van der Waals surface area contributed by atoms with Crippen molar-refractivity contribution in [2.75, 3.05) is 40.9 Å². The van der Waals surface area contributed by atoms with Crippen LogP contribution in [0, 0.1) is 0 Å². The van der Waals surface area contributed by atoms with Gasteiger partial charge >= 0.3 is 0 Å². The van der Waals surface area contributed by atoms with Gasteiger partial charge in [0.2, 0.25) is 5.91 Å². The zero-order valence-corrected chi connectivity index (χ0v) is 9.32. The minimum atomic E-state index is 0.0835. The highest BCUT2D eigenvalue weighted by molar-refractivity contribution is 5.81. The first-order chi connectivity index (χ1) is 6.66. The molecule has 1 amide bonds. The molecule has 1 aliphatic heterocycles. The normalized spacial score (nSPS) is 22.6. The van der Waals surface area contributed by atoms with Crippen LogP contribution in [0.5, 0.6) is 0 Å². The summed E-state index contributed by atoms with van der Waals surface area (Å²) in [6, 6.07) is 0.0835. The number of hydrogen-bond donors (Lipinski definition) is 0. The van der Waals surface area contributed by atoms with Crippen LogP contribution in [0.4, 0.5) is 0 Å². The molecule has 4 nitrogen and oxygen atoms in total. The molecule has 4 heteroatoms. The Kier molecular flexibility index (Phi) is 4.35. The summed E-state index contributed by atoms with van der Waals surface area (Å²) in [6.07, 6.45) is 2.11. The summed E-state index contributed by atoms with van der Waals surface area (Å²) in [4.78, 5) is 15.7. The van der Waals surface area contributed by atoms with E-state index < -0.39 is 0 Å². The van der Waals surface area contributed by atoms with Gasteiger partial charge in [-0.3, -0.25) is 9.69 Å². The van der Waals surface area contributed by atoms with Gasteiger partial charge in [-0.2, -0.15) is 0 Å². The molecule has 0 aromatic heterocycles. The Balaban J connectivity index is 2.46. The van der Waals surface area contributed by atoms with E-state index in [1.807, 2.05) is 14.1 Å². The Bertz CT molecular complexity index is 195. The Morgan fingerprint density at radius 1 is 1.57 bits per heavy atom. The summed E-state index contributed by atoms with van der Waals surface area (Å²) < 4.78 is 5.03. The lowest BCUT2D eigenvalue weighted by molar-refractivity contribution is -0.133. The maximum atomic E-state index is 11.8. The number of carbonyl (C=O) groups excluding carboxylic acids is 1. The van der Waals surface area contributed by atoms with E-state index >= 15 is 0 Å². The number of amides is 1. The van der Waals surface area contributed by atoms with E-state index in [1.165, 1.54) is 0 Å². The SMILES string of the molecule is COCCN1CCCC1C(=O)N(C)C. The van der Waals surface area contributed by atoms with Crippen molar-refractivity contribution in [2.45, 2.75) is 18.9 Å². The summed E-state index contributed by atoms with van der Waals surface area (Å²) in [5, 5.41) is 0. The molecule has 1 rings (SSSR count). The van der Waals surface area contributed by atoms with Crippen molar-refractivity contribution in [2.24, 2.45) is 0 Å². The Hall–Kier alpha value is -0.610. The van der Waals surface area contributed by atoms with Gasteiger partial charge in [0.15, 0.2) is 0 Å². The lowest BCUT2D eigenvalue weighted by atomic mass is 10.2. The van der Waals surface area contributed by atoms with E-state index in [0.29, 0.717) is 6.61 Å². The molecule has 1 atom stereocenters. The third kappa shape index (κ3) is 2.69. The number of likely N-dealkylation sites (tertiary alicyclic amines) is 1. The van der Waals surface area contributed by atoms with Crippen molar-refractivity contribution < 1.29 is 9.53 Å². The van der Waals surface area contributed by atoms with Crippen LogP contribution in [-0.2, 0) is 9.53 Å². The molecule has 0 aromatic carbocycles. The first-order valence-corrected chi connectivity index (χ1v) is 5.11. The first kappa shape index (κ1) is 11.5. The molecule has 1 saturated heterocycles. The lowest BCUT2D eigenvalue weighted by Gasteiger charge is -2.25. The Morgan fingerprint density at radius 3 is 2.86 bits per heavy atom. The Labute approximate surface area is 85.8 Å². The van der Waals surface area contributed by atoms with Crippen molar-refractivity contribution in [1.29, 1.82) is 0 Å². The standard InChI is InChI=1S/C10H20N2O2/c1-11(2)10(13)9-5-4-6-12(9)7-8-14-3/h9H,4-8H2,1-3H3. The highest BCUT2D eigenvalue weighted by Crippen LogP contribution is 2.17. The number of carbonyl (C=O) groups is 1. The third-order valence-electron chi connectivity index (χ3n) is 2.67. The van der Waals surface area contributed by atoms with Crippen LogP contribution in [0.25, 0.3) is 0 Å². The number of likely N-dealkylation sites (N-methyl/N-ethyl adjacent to an activating group) is 1. The van der Waals surface area contributed by atoms with Gasteiger partial charge < -0.3 is 9.64 Å². The lowest BCUT2D eigenvalue weighted by Crippen LogP contribution is -2.43. The van der Waals surface area contributed by atoms with Crippen LogP contribution in [0.3, 0.4) is 0 Å². The predicted octanol–water partition coefficient (Wildman–Crippen LogP) is 0.185. The van der Waals surface area contributed by atoms with E-state index in [2.05, 4.69) is 4.90 Å². The number of methoxy groups -OCH3 is 1. The minimum absolute atomic E-state index is 0.0835. The van der Waals surface area contributed by atoms with E-state index in [-0.39, 0.29) is 11.9 Å². The van der Waals surface area contributed by atoms with Gasteiger partial charge in [0.25, 0.3) is 0 Å². The molecule has 1 aliphatic rings. The average molecular weight is 200 g/mol. The molecular formula is C10H20N2O2. The summed E-state index contributed by atoms with van der Waals surface area (Å²) in [6.45, 7) is 2.59. The zero-order valence-electron chi connectivity index (χ0n) is 9.32. The second-order valence-electron chi connectivity index (χ2n) is 3.92. The van der Waals surface area contributed by atoms with E-state index in [1.54, 1.807) is 12.0 Å². The summed E-state index contributed by atoms with van der Waals surface area (Å²) >= 11 is 0. The minimum Gasteiger partial charge on any atom is -0.383 e. The molecule has 1 heterocycles. The molecule has 0 spiro atoms. The smallest absolute Gasteiger partial charge is 0.239 e. The first-order valence-electron chi connectivity index (χ1n) is 5.11. The van der Waals surface area contributed by atoms with Gasteiger partial charge in [-0.05, 0) is 19.4 Å². The second-order valence-corrected chi connectivity index (χ2v) is 3.92. The Morgan fingerprint density at radius 2 is 2.29 bits per heavy atom. The number of rotatable bonds is 4. The molecule has 1 fully saturated rings. The van der Waals surface area contributed by atoms with Crippen LogP contribution in [0.2, 0.25) is 0 Å². The third-order valence-corrected chi connectivity index (χ3v) is 2.67. The van der Waals surface area contributed by atoms with Crippen molar-refractivity contribution in [3.8, 4) is 0 Å². The fourth-order valence-corrected chi connectivity index (χ4v) is 1.88. The summed E-state index contributed by atoms with van der Waals surface area (Å²) in [7, 11) is 5.32. The van der Waals surface area contributed by atoms with Crippen LogP contribution in [-0.4, -0.2) is 62.7 Å². The van der Waals surface area contributed by atoms with E-state index in [4.69, 9.17) is 4.74 Å². The quantitative estimate of drug-likeness (QED) is 0.649. The second kappa shape index (κ2) is 5.32. The van der Waals surface area contributed by atoms with Crippen LogP contribution >= 0.6 is 0 Å². The highest BCUT2D eigenvalue weighted by atomic mass is 16.5. The predicted molar refractivity (Wildman–Crippen MR) is 55.2 cm³/mol. The number of ether oxygens (including phenoxy) is 1. The van der Waals surface area contributed by atoms with E-state index in [0.717, 1.165) is 25.9 Å². The van der Waals surface area contributed by atoms with E-state index in [9.17, 15) is 4.79 Å². The van der Waals surface area contributed by atoms with Crippen molar-refractivity contribution >= 4 is 5.91 Å². The van der Waals surface area contributed by atoms with Crippen LogP contribution in [0.1, 0.15) is 12.8 Å². The maximum absolute atomic E-state index is 11.8. The molecule has 82 valence electrons. The van der Waals surface area contributed by atoms with Gasteiger partial charge in [-0.15, -0.1) is 0 Å². The van der Waals surface area contributed by atoms with Crippen molar-refractivity contribution in [1.82, 2.24) is 9.80 Å². The molecule has 0 radical (unpaired) electrons. The fraction of sp³-hybridized carbons (Fsp3) is 0.900. The van der Waals surface area contributed by atoms with Gasteiger partial charge in [0, 0.05) is 27.7 Å². The van der Waals surface area contributed by atoms with Crippen molar-refractivity contribution in [3.05, 3.63) is 0 Å². The number of hydrogen-bond acceptors (Lipinski definition) is 3. The summed E-state index contributed by atoms with van der Waals surface area (Å²) in [5.41, 5.74) is 0. The van der Waals surface area contributed by atoms with Crippen LogP contribution < -0.4 is 0 Å². The maximum Gasteiger partial charge on any atom is 0.239 e. The molecule has 0 N–H and O–H groups in total. The molecule has 0 aromatic rings. The molecule has 14 heavy (non-hydrogen) atoms. The average Bonchev–Trinajstić information content (AvgIpc) is 2.61. The van der Waals surface area contributed by atoms with Gasteiger partial charge in [0.05, 0.1) is 12.6 Å². The summed E-state index contributed by atoms with van der Waals surface area (Å²) in [5.74, 6) is 0.221. The van der Waals surface area contributed by atoms with Gasteiger partial charge in [0.1, 0.15) is 0 Å². The number of nitrogens with zero attached hydrogens (tertiary/aromatic N) is 2.